The van der Waals surface area contributed by atoms with Gasteiger partial charge in [-0.3, -0.25) is 0 Å². The summed E-state index contributed by atoms with van der Waals surface area (Å²) >= 11 is 1.81. The van der Waals surface area contributed by atoms with Crippen molar-refractivity contribution in [3.8, 4) is 0 Å². The average molecular weight is 261 g/mol. The molecular weight excluding hydrogens is 242 g/mol. The van der Waals surface area contributed by atoms with Crippen LogP contribution in [0.2, 0.25) is 0 Å². The van der Waals surface area contributed by atoms with Crippen molar-refractivity contribution in [3.63, 3.8) is 0 Å². The molecule has 0 aliphatic heterocycles. The van der Waals surface area contributed by atoms with Gasteiger partial charge in [0.1, 0.15) is 0 Å². The van der Waals surface area contributed by atoms with Gasteiger partial charge in [-0.05, 0) is 37.3 Å². The van der Waals surface area contributed by atoms with Crippen molar-refractivity contribution in [1.29, 1.82) is 0 Å². The van der Waals surface area contributed by atoms with Crippen LogP contribution in [0.1, 0.15) is 25.7 Å². The number of hydrogen-bond donors (Lipinski definition) is 2. The third-order valence-electron chi connectivity index (χ3n) is 3.81. The number of imidazole rings is 1. The van der Waals surface area contributed by atoms with Crippen molar-refractivity contribution in [2.45, 2.75) is 36.9 Å². The van der Waals surface area contributed by atoms with E-state index in [0.29, 0.717) is 6.04 Å². The lowest BCUT2D eigenvalue weighted by molar-refractivity contribution is 0.470. The van der Waals surface area contributed by atoms with Gasteiger partial charge in [-0.25, -0.2) is 4.98 Å². The molecule has 1 saturated carbocycles. The SMILES string of the molecule is NC1CCCC1CCSc1nc2ccccc2[nH]1. The molecule has 0 spiro atoms. The second kappa shape index (κ2) is 5.33. The van der Waals surface area contributed by atoms with E-state index in [1.807, 2.05) is 30.0 Å². The van der Waals surface area contributed by atoms with Gasteiger partial charge in [-0.15, -0.1) is 0 Å². The summed E-state index contributed by atoms with van der Waals surface area (Å²) in [4.78, 5) is 7.92. The van der Waals surface area contributed by atoms with Gasteiger partial charge in [0.05, 0.1) is 11.0 Å². The fraction of sp³-hybridized carbons (Fsp3) is 0.500. The number of aromatic nitrogens is 2. The largest absolute Gasteiger partial charge is 0.333 e. The standard InChI is InChI=1S/C14H19N3S/c15-11-5-3-4-10(11)8-9-18-14-16-12-6-1-2-7-13(12)17-14/h1-2,6-7,10-11H,3-5,8-9,15H2,(H,16,17). The minimum atomic E-state index is 0.432. The van der Waals surface area contributed by atoms with E-state index in [2.05, 4.69) is 16.0 Å². The maximum absolute atomic E-state index is 6.09. The van der Waals surface area contributed by atoms with Crippen molar-refractivity contribution < 1.29 is 0 Å². The predicted octanol–water partition coefficient (Wildman–Crippen LogP) is 3.17. The van der Waals surface area contributed by atoms with E-state index in [4.69, 9.17) is 5.73 Å². The Balaban J connectivity index is 1.56. The summed E-state index contributed by atoms with van der Waals surface area (Å²) in [6, 6.07) is 8.60. The molecule has 0 saturated heterocycles. The topological polar surface area (TPSA) is 54.7 Å². The number of aromatic amines is 1. The summed E-state index contributed by atoms with van der Waals surface area (Å²) in [5.41, 5.74) is 8.26. The van der Waals surface area contributed by atoms with E-state index in [0.717, 1.165) is 27.9 Å². The van der Waals surface area contributed by atoms with Crippen LogP contribution in [0.5, 0.6) is 0 Å². The Bertz CT molecular complexity index is 489. The van der Waals surface area contributed by atoms with Crippen molar-refractivity contribution in [2.75, 3.05) is 5.75 Å². The van der Waals surface area contributed by atoms with Crippen molar-refractivity contribution >= 4 is 22.8 Å². The molecule has 2 atom stereocenters. The molecular formula is C14H19N3S. The zero-order valence-corrected chi connectivity index (χ0v) is 11.2. The van der Waals surface area contributed by atoms with E-state index in [1.54, 1.807) is 0 Å². The number of para-hydroxylation sites is 2. The zero-order chi connectivity index (χ0) is 12.4. The summed E-state index contributed by atoms with van der Waals surface area (Å²) in [7, 11) is 0. The Morgan fingerprint density at radius 2 is 2.22 bits per heavy atom. The molecule has 1 aromatic heterocycles. The van der Waals surface area contributed by atoms with Crippen LogP contribution in [-0.4, -0.2) is 21.8 Å². The number of fused-ring (bicyclic) bond motifs is 1. The van der Waals surface area contributed by atoms with Crippen LogP contribution in [-0.2, 0) is 0 Å². The highest BCUT2D eigenvalue weighted by Gasteiger charge is 2.23. The summed E-state index contributed by atoms with van der Waals surface area (Å²) < 4.78 is 0. The summed E-state index contributed by atoms with van der Waals surface area (Å²) in [5, 5.41) is 1.03. The van der Waals surface area contributed by atoms with Gasteiger partial charge in [-0.1, -0.05) is 30.3 Å². The fourth-order valence-electron chi connectivity index (χ4n) is 2.73. The number of nitrogens with two attached hydrogens (primary N) is 1. The van der Waals surface area contributed by atoms with Crippen LogP contribution in [0.25, 0.3) is 11.0 Å². The monoisotopic (exact) mass is 261 g/mol. The maximum atomic E-state index is 6.09. The zero-order valence-electron chi connectivity index (χ0n) is 10.4. The molecule has 2 unspecified atom stereocenters. The lowest BCUT2D eigenvalue weighted by Crippen LogP contribution is -2.24. The number of thioether (sulfide) groups is 1. The van der Waals surface area contributed by atoms with Gasteiger partial charge < -0.3 is 10.7 Å². The smallest absolute Gasteiger partial charge is 0.166 e. The lowest BCUT2D eigenvalue weighted by atomic mass is 10.0. The average Bonchev–Trinajstić information content (AvgIpc) is 2.96. The Hall–Kier alpha value is -1.00. The van der Waals surface area contributed by atoms with Gasteiger partial charge in [0, 0.05) is 11.8 Å². The van der Waals surface area contributed by atoms with Gasteiger partial charge in [0.15, 0.2) is 5.16 Å². The number of H-pyrrole nitrogens is 1. The lowest BCUT2D eigenvalue weighted by Gasteiger charge is -2.13. The highest BCUT2D eigenvalue weighted by Crippen LogP contribution is 2.29. The Labute approximate surface area is 112 Å². The van der Waals surface area contributed by atoms with Crippen LogP contribution in [0, 0.1) is 5.92 Å². The number of rotatable bonds is 4. The Kier molecular flexibility index (Phi) is 3.57. The third kappa shape index (κ3) is 2.54. The van der Waals surface area contributed by atoms with Crippen LogP contribution >= 0.6 is 11.8 Å². The molecule has 96 valence electrons. The molecule has 3 rings (SSSR count). The number of nitrogens with zero attached hydrogens (tertiary/aromatic N) is 1. The molecule has 3 nitrogen and oxygen atoms in total. The first kappa shape index (κ1) is 12.1. The van der Waals surface area contributed by atoms with Crippen LogP contribution in [0.15, 0.2) is 29.4 Å². The Morgan fingerprint density at radius 3 is 3.00 bits per heavy atom. The fourth-order valence-corrected chi connectivity index (χ4v) is 3.69. The molecule has 1 aromatic carbocycles. The van der Waals surface area contributed by atoms with E-state index < -0.39 is 0 Å². The van der Waals surface area contributed by atoms with Crippen LogP contribution in [0.3, 0.4) is 0 Å². The number of benzene rings is 1. The van der Waals surface area contributed by atoms with Crippen LogP contribution in [0.4, 0.5) is 0 Å². The second-order valence-corrected chi connectivity index (χ2v) is 6.13. The number of hydrogen-bond acceptors (Lipinski definition) is 3. The van der Waals surface area contributed by atoms with Gasteiger partial charge in [0.2, 0.25) is 0 Å². The van der Waals surface area contributed by atoms with Crippen molar-refractivity contribution in [2.24, 2.45) is 11.7 Å². The van der Waals surface area contributed by atoms with E-state index in [-0.39, 0.29) is 0 Å². The predicted molar refractivity (Wildman–Crippen MR) is 76.8 cm³/mol. The first-order valence-electron chi connectivity index (χ1n) is 6.66. The second-order valence-electron chi connectivity index (χ2n) is 5.05. The molecule has 0 bridgehead atoms. The highest BCUT2D eigenvalue weighted by molar-refractivity contribution is 7.99. The molecule has 0 amide bonds. The summed E-state index contributed by atoms with van der Waals surface area (Å²) in [5.74, 6) is 1.83. The van der Waals surface area contributed by atoms with Gasteiger partial charge in [0.25, 0.3) is 0 Å². The van der Waals surface area contributed by atoms with E-state index >= 15 is 0 Å². The van der Waals surface area contributed by atoms with Gasteiger partial charge in [-0.2, -0.15) is 0 Å². The highest BCUT2D eigenvalue weighted by atomic mass is 32.2. The van der Waals surface area contributed by atoms with Crippen LogP contribution < -0.4 is 5.73 Å². The Morgan fingerprint density at radius 1 is 1.33 bits per heavy atom. The first-order chi connectivity index (χ1) is 8.83. The minimum absolute atomic E-state index is 0.432. The molecule has 1 heterocycles. The maximum Gasteiger partial charge on any atom is 0.166 e. The number of nitrogens with one attached hydrogen (secondary N) is 1. The quantitative estimate of drug-likeness (QED) is 0.831. The molecule has 1 aliphatic rings. The molecule has 3 N–H and O–H groups in total. The molecule has 1 fully saturated rings. The molecule has 2 aromatic rings. The molecule has 4 heteroatoms. The minimum Gasteiger partial charge on any atom is -0.333 e. The summed E-state index contributed by atoms with van der Waals surface area (Å²) in [6.07, 6.45) is 5.03. The normalized spacial score (nSPS) is 23.8. The molecule has 1 aliphatic carbocycles. The van der Waals surface area contributed by atoms with Gasteiger partial charge >= 0.3 is 0 Å². The van der Waals surface area contributed by atoms with E-state index in [9.17, 15) is 0 Å². The first-order valence-corrected chi connectivity index (χ1v) is 7.64. The third-order valence-corrected chi connectivity index (χ3v) is 4.72. The molecule has 18 heavy (non-hydrogen) atoms. The van der Waals surface area contributed by atoms with Crippen molar-refractivity contribution in [1.82, 2.24) is 9.97 Å². The molecule has 0 radical (unpaired) electrons. The van der Waals surface area contributed by atoms with Crippen molar-refractivity contribution in [3.05, 3.63) is 24.3 Å². The summed E-state index contributed by atoms with van der Waals surface area (Å²) in [6.45, 7) is 0. The van der Waals surface area contributed by atoms with E-state index in [1.165, 1.54) is 25.7 Å².